The first-order valence-corrected chi connectivity index (χ1v) is 13.1. The summed E-state index contributed by atoms with van der Waals surface area (Å²) in [6.45, 7) is 6.23. The minimum absolute atomic E-state index is 0.0360. The lowest BCUT2D eigenvalue weighted by atomic mass is 9.94. The van der Waals surface area contributed by atoms with Crippen LogP contribution in [-0.4, -0.2) is 54.9 Å². The van der Waals surface area contributed by atoms with Crippen molar-refractivity contribution < 1.29 is 17.9 Å². The van der Waals surface area contributed by atoms with E-state index in [9.17, 15) is 13.2 Å². The van der Waals surface area contributed by atoms with Crippen LogP contribution in [0, 0.1) is 11.8 Å². The number of aromatic nitrogens is 2. The van der Waals surface area contributed by atoms with Crippen molar-refractivity contribution in [2.75, 3.05) is 26.7 Å². The van der Waals surface area contributed by atoms with Crippen LogP contribution >= 0.6 is 0 Å². The SMILES string of the molecule is COc1ccc(C(=O)NCCCn2cnc3ccccc32)cc1S(=O)(=O)N1CC(C)CC(C)C1. The molecule has 1 aliphatic rings. The molecule has 9 heteroatoms. The molecule has 1 aliphatic heterocycles. The van der Waals surface area contributed by atoms with E-state index in [0.717, 1.165) is 23.9 Å². The average Bonchev–Trinajstić information content (AvgIpc) is 3.23. The molecule has 0 spiro atoms. The second kappa shape index (κ2) is 10.1. The molecule has 34 heavy (non-hydrogen) atoms. The molecule has 0 bridgehead atoms. The largest absolute Gasteiger partial charge is 0.495 e. The van der Waals surface area contributed by atoms with Crippen LogP contribution in [0.1, 0.15) is 37.0 Å². The Hall–Kier alpha value is -2.91. The number of carbonyl (C=O) groups is 1. The van der Waals surface area contributed by atoms with Gasteiger partial charge >= 0.3 is 0 Å². The standard InChI is InChI=1S/C25H32N4O4S/c1-18-13-19(2)16-29(15-18)34(31,32)24-14-20(9-10-23(24)33-3)25(30)26-11-6-12-28-17-27-21-7-4-5-8-22(21)28/h4-5,7-10,14,17-19H,6,11-13,15-16H2,1-3H3,(H,26,30). The molecule has 3 aromatic rings. The number of rotatable bonds is 8. The average molecular weight is 485 g/mol. The van der Waals surface area contributed by atoms with Crippen molar-refractivity contribution in [3.63, 3.8) is 0 Å². The molecule has 0 saturated carbocycles. The summed E-state index contributed by atoms with van der Waals surface area (Å²) < 4.78 is 35.8. The Balaban J connectivity index is 1.43. The Morgan fingerprint density at radius 2 is 1.88 bits per heavy atom. The molecular formula is C25H32N4O4S. The molecule has 2 aromatic carbocycles. The first kappa shape index (κ1) is 24.2. The van der Waals surface area contributed by atoms with Crippen LogP contribution in [0.3, 0.4) is 0 Å². The Bertz CT molecular complexity index is 1260. The third-order valence-corrected chi connectivity index (χ3v) is 8.12. The van der Waals surface area contributed by atoms with Gasteiger partial charge < -0.3 is 14.6 Å². The van der Waals surface area contributed by atoms with Crippen LogP contribution in [0.5, 0.6) is 5.75 Å². The van der Waals surface area contributed by atoms with Crippen LogP contribution < -0.4 is 10.1 Å². The van der Waals surface area contributed by atoms with E-state index in [0.29, 0.717) is 31.7 Å². The van der Waals surface area contributed by atoms with Crippen molar-refractivity contribution in [3.05, 3.63) is 54.4 Å². The molecule has 2 unspecified atom stereocenters. The van der Waals surface area contributed by atoms with Gasteiger partial charge in [0.05, 0.1) is 24.5 Å². The minimum Gasteiger partial charge on any atom is -0.495 e. The van der Waals surface area contributed by atoms with Gasteiger partial charge in [0.1, 0.15) is 10.6 Å². The van der Waals surface area contributed by atoms with E-state index in [1.165, 1.54) is 17.5 Å². The summed E-state index contributed by atoms with van der Waals surface area (Å²) in [5, 5.41) is 2.90. The van der Waals surface area contributed by atoms with Gasteiger partial charge in [0.2, 0.25) is 10.0 Å². The zero-order chi connectivity index (χ0) is 24.3. The predicted octanol–water partition coefficient (Wildman–Crippen LogP) is 3.53. The van der Waals surface area contributed by atoms with E-state index >= 15 is 0 Å². The summed E-state index contributed by atoms with van der Waals surface area (Å²) in [7, 11) is -2.34. The lowest BCUT2D eigenvalue weighted by molar-refractivity contribution is 0.0952. The fourth-order valence-corrected chi connectivity index (χ4v) is 6.56. The van der Waals surface area contributed by atoms with Gasteiger partial charge in [-0.15, -0.1) is 0 Å². The number of sulfonamides is 1. The topological polar surface area (TPSA) is 93.5 Å². The maximum atomic E-state index is 13.4. The van der Waals surface area contributed by atoms with Crippen molar-refractivity contribution in [1.29, 1.82) is 0 Å². The molecule has 4 rings (SSSR count). The van der Waals surface area contributed by atoms with Crippen molar-refractivity contribution in [1.82, 2.24) is 19.2 Å². The molecule has 182 valence electrons. The maximum absolute atomic E-state index is 13.4. The number of ether oxygens (including phenoxy) is 1. The Labute approximate surface area is 201 Å². The maximum Gasteiger partial charge on any atom is 0.251 e. The van der Waals surface area contributed by atoms with Gasteiger partial charge in [-0.3, -0.25) is 4.79 Å². The molecule has 1 saturated heterocycles. The lowest BCUT2D eigenvalue weighted by Crippen LogP contribution is -2.42. The number of methoxy groups -OCH3 is 1. The fraction of sp³-hybridized carbons (Fsp3) is 0.440. The van der Waals surface area contributed by atoms with Crippen molar-refractivity contribution >= 4 is 27.0 Å². The normalized spacial score (nSPS) is 19.3. The first-order chi connectivity index (χ1) is 16.3. The monoisotopic (exact) mass is 484 g/mol. The number of piperidine rings is 1. The second-order valence-corrected chi connectivity index (χ2v) is 11.1. The summed E-state index contributed by atoms with van der Waals surface area (Å²) in [5.41, 5.74) is 2.29. The Kier molecular flexibility index (Phi) is 7.23. The van der Waals surface area contributed by atoms with Gasteiger partial charge in [0, 0.05) is 31.7 Å². The quantitative estimate of drug-likeness (QED) is 0.494. The third-order valence-electron chi connectivity index (χ3n) is 6.27. The van der Waals surface area contributed by atoms with Gasteiger partial charge in [0.25, 0.3) is 5.91 Å². The van der Waals surface area contributed by atoms with Crippen LogP contribution in [0.25, 0.3) is 11.0 Å². The van der Waals surface area contributed by atoms with Gasteiger partial charge in [0.15, 0.2) is 0 Å². The molecule has 2 atom stereocenters. The van der Waals surface area contributed by atoms with E-state index in [2.05, 4.69) is 28.7 Å². The van der Waals surface area contributed by atoms with Gasteiger partial charge in [-0.25, -0.2) is 13.4 Å². The number of carbonyl (C=O) groups excluding carboxylic acids is 1. The fourth-order valence-electron chi connectivity index (χ4n) is 4.70. The van der Waals surface area contributed by atoms with Crippen LogP contribution in [0.2, 0.25) is 0 Å². The van der Waals surface area contributed by atoms with Gasteiger partial charge in [-0.05, 0) is 55.0 Å². The lowest BCUT2D eigenvalue weighted by Gasteiger charge is -2.34. The third kappa shape index (κ3) is 5.10. The van der Waals surface area contributed by atoms with E-state index < -0.39 is 10.0 Å². The molecule has 0 radical (unpaired) electrons. The van der Waals surface area contributed by atoms with E-state index in [-0.39, 0.29) is 28.4 Å². The molecule has 1 aromatic heterocycles. The summed E-state index contributed by atoms with van der Waals surface area (Å²) in [5.74, 6) is 0.497. The number of benzene rings is 2. The van der Waals surface area contributed by atoms with Crippen LogP contribution in [0.15, 0.2) is 53.7 Å². The predicted molar refractivity (Wildman–Crippen MR) is 131 cm³/mol. The van der Waals surface area contributed by atoms with E-state index in [1.54, 1.807) is 18.5 Å². The highest BCUT2D eigenvalue weighted by Crippen LogP contribution is 2.32. The second-order valence-electron chi connectivity index (χ2n) is 9.17. The number of hydrogen-bond acceptors (Lipinski definition) is 5. The molecule has 1 amide bonds. The Morgan fingerprint density at radius 1 is 1.15 bits per heavy atom. The number of nitrogens with one attached hydrogen (secondary N) is 1. The van der Waals surface area contributed by atoms with Gasteiger partial charge in [-0.1, -0.05) is 26.0 Å². The summed E-state index contributed by atoms with van der Waals surface area (Å²) in [6, 6.07) is 12.5. The first-order valence-electron chi connectivity index (χ1n) is 11.7. The van der Waals surface area contributed by atoms with Crippen molar-refractivity contribution in [3.8, 4) is 5.75 Å². The highest BCUT2D eigenvalue weighted by molar-refractivity contribution is 7.89. The molecular weight excluding hydrogens is 452 g/mol. The number of para-hydroxylation sites is 2. The zero-order valence-electron chi connectivity index (χ0n) is 19.9. The zero-order valence-corrected chi connectivity index (χ0v) is 20.7. The summed E-state index contributed by atoms with van der Waals surface area (Å²) >= 11 is 0. The number of hydrogen-bond donors (Lipinski definition) is 1. The number of imidazole rings is 1. The van der Waals surface area contributed by atoms with E-state index in [4.69, 9.17) is 4.74 Å². The van der Waals surface area contributed by atoms with E-state index in [1.807, 2.05) is 24.3 Å². The van der Waals surface area contributed by atoms with Crippen molar-refractivity contribution in [2.24, 2.45) is 11.8 Å². The Morgan fingerprint density at radius 3 is 2.62 bits per heavy atom. The van der Waals surface area contributed by atoms with Crippen LogP contribution in [-0.2, 0) is 16.6 Å². The van der Waals surface area contributed by atoms with Crippen LogP contribution in [0.4, 0.5) is 0 Å². The highest BCUT2D eigenvalue weighted by atomic mass is 32.2. The number of aryl methyl sites for hydroxylation is 1. The summed E-state index contributed by atoms with van der Waals surface area (Å²) in [4.78, 5) is 17.2. The molecule has 8 nitrogen and oxygen atoms in total. The highest BCUT2D eigenvalue weighted by Gasteiger charge is 2.34. The molecule has 1 fully saturated rings. The molecule has 1 N–H and O–H groups in total. The smallest absolute Gasteiger partial charge is 0.251 e. The van der Waals surface area contributed by atoms with Gasteiger partial charge in [-0.2, -0.15) is 4.31 Å². The van der Waals surface area contributed by atoms with Crippen molar-refractivity contribution in [2.45, 2.75) is 38.1 Å². The minimum atomic E-state index is -3.78. The number of nitrogens with zero attached hydrogens (tertiary/aromatic N) is 3. The summed E-state index contributed by atoms with van der Waals surface area (Å²) in [6.07, 6.45) is 3.52. The number of amides is 1. The molecule has 2 heterocycles. The molecule has 0 aliphatic carbocycles. The number of fused-ring (bicyclic) bond motifs is 1.